The van der Waals surface area contributed by atoms with Gasteiger partial charge in [0.15, 0.2) is 0 Å². The van der Waals surface area contributed by atoms with Gasteiger partial charge in [-0.1, -0.05) is 59.8 Å². The lowest BCUT2D eigenvalue weighted by Gasteiger charge is -2.34. The van der Waals surface area contributed by atoms with E-state index in [0.29, 0.717) is 5.92 Å². The zero-order valence-electron chi connectivity index (χ0n) is 13.7. The molecule has 3 N–H and O–H groups in total. The fourth-order valence-corrected chi connectivity index (χ4v) is 2.91. The van der Waals surface area contributed by atoms with Gasteiger partial charge in [0, 0.05) is 6.04 Å². The second-order valence-corrected chi connectivity index (χ2v) is 7.40. The molecule has 1 fully saturated rings. The molecule has 20 heavy (non-hydrogen) atoms. The first-order valence-corrected chi connectivity index (χ1v) is 7.79. The van der Waals surface area contributed by atoms with Crippen LogP contribution in [-0.4, -0.2) is 18.0 Å². The molecule has 0 aromatic rings. The van der Waals surface area contributed by atoms with Crippen molar-refractivity contribution >= 4 is 18.3 Å². The van der Waals surface area contributed by atoms with Crippen molar-refractivity contribution in [3.8, 4) is 0 Å². The molecule has 1 rings (SSSR count). The molecular weight excluding hydrogens is 272 g/mol. The summed E-state index contributed by atoms with van der Waals surface area (Å²) in [5.74, 6) is 1.29. The molecule has 0 spiro atoms. The van der Waals surface area contributed by atoms with Gasteiger partial charge in [-0.2, -0.15) is 0 Å². The molecule has 4 heteroatoms. The number of amides is 1. The summed E-state index contributed by atoms with van der Waals surface area (Å²) in [7, 11) is 0. The number of nitrogens with one attached hydrogen (secondary N) is 1. The van der Waals surface area contributed by atoms with E-state index in [9.17, 15) is 4.79 Å². The van der Waals surface area contributed by atoms with Gasteiger partial charge in [-0.05, 0) is 24.2 Å². The molecule has 0 aliphatic heterocycles. The molecule has 1 saturated carbocycles. The molecule has 0 saturated heterocycles. The second-order valence-electron chi connectivity index (χ2n) is 7.40. The van der Waals surface area contributed by atoms with Gasteiger partial charge in [0.1, 0.15) is 0 Å². The van der Waals surface area contributed by atoms with Crippen molar-refractivity contribution in [1.82, 2.24) is 5.32 Å². The van der Waals surface area contributed by atoms with Gasteiger partial charge >= 0.3 is 0 Å². The van der Waals surface area contributed by atoms with Crippen LogP contribution in [-0.2, 0) is 4.79 Å². The quantitative estimate of drug-likeness (QED) is 0.835. The van der Waals surface area contributed by atoms with Gasteiger partial charge in [-0.15, -0.1) is 12.4 Å². The summed E-state index contributed by atoms with van der Waals surface area (Å²) in [4.78, 5) is 12.2. The molecule has 1 amide bonds. The van der Waals surface area contributed by atoms with Crippen molar-refractivity contribution < 1.29 is 4.79 Å². The molecule has 1 aliphatic carbocycles. The smallest absolute Gasteiger partial charge is 0.237 e. The third-order valence-electron chi connectivity index (χ3n) is 4.77. The zero-order chi connectivity index (χ0) is 14.6. The molecule has 120 valence electrons. The summed E-state index contributed by atoms with van der Waals surface area (Å²) in [6.07, 6.45) is 6.69. The Morgan fingerprint density at radius 3 is 2.10 bits per heavy atom. The molecule has 0 radical (unpaired) electrons. The van der Waals surface area contributed by atoms with Crippen molar-refractivity contribution in [2.45, 2.75) is 78.8 Å². The Morgan fingerprint density at radius 2 is 1.65 bits per heavy atom. The first-order valence-electron chi connectivity index (χ1n) is 7.79. The van der Waals surface area contributed by atoms with Crippen LogP contribution in [0.1, 0.15) is 66.7 Å². The van der Waals surface area contributed by atoms with Crippen molar-refractivity contribution in [1.29, 1.82) is 0 Å². The average Bonchev–Trinajstić information content (AvgIpc) is 2.36. The van der Waals surface area contributed by atoms with Crippen LogP contribution in [0.4, 0.5) is 0 Å². The van der Waals surface area contributed by atoms with Crippen LogP contribution in [0, 0.1) is 17.3 Å². The van der Waals surface area contributed by atoms with E-state index in [1.165, 1.54) is 32.1 Å². The number of halogens is 1. The lowest BCUT2D eigenvalue weighted by Crippen LogP contribution is -2.52. The molecular formula is C16H33ClN2O. The maximum atomic E-state index is 12.2. The van der Waals surface area contributed by atoms with E-state index in [0.717, 1.165) is 5.92 Å². The Morgan fingerprint density at radius 1 is 1.15 bits per heavy atom. The van der Waals surface area contributed by atoms with Crippen LogP contribution in [0.2, 0.25) is 0 Å². The van der Waals surface area contributed by atoms with Gasteiger partial charge in [-0.3, -0.25) is 4.79 Å². The number of carbonyl (C=O) groups excluding carboxylic acids is 1. The Balaban J connectivity index is 0.00000361. The predicted molar refractivity (Wildman–Crippen MR) is 88.0 cm³/mol. The number of hydrogen-bond acceptors (Lipinski definition) is 2. The lowest BCUT2D eigenvalue weighted by atomic mass is 9.78. The summed E-state index contributed by atoms with van der Waals surface area (Å²) in [5, 5.41) is 3.12. The van der Waals surface area contributed by atoms with E-state index in [4.69, 9.17) is 5.73 Å². The van der Waals surface area contributed by atoms with E-state index < -0.39 is 6.04 Å². The summed E-state index contributed by atoms with van der Waals surface area (Å²) < 4.78 is 0. The molecule has 0 heterocycles. The summed E-state index contributed by atoms with van der Waals surface area (Å²) in [5.41, 5.74) is 5.83. The first-order chi connectivity index (χ1) is 8.73. The summed E-state index contributed by atoms with van der Waals surface area (Å²) in [6, 6.07) is -0.225. The fourth-order valence-electron chi connectivity index (χ4n) is 2.91. The van der Waals surface area contributed by atoms with Gasteiger partial charge in [0.25, 0.3) is 0 Å². The van der Waals surface area contributed by atoms with Crippen molar-refractivity contribution in [2.75, 3.05) is 0 Å². The maximum absolute atomic E-state index is 12.2. The maximum Gasteiger partial charge on any atom is 0.237 e. The lowest BCUT2D eigenvalue weighted by molar-refractivity contribution is -0.125. The van der Waals surface area contributed by atoms with Crippen molar-refractivity contribution in [3.63, 3.8) is 0 Å². The third-order valence-corrected chi connectivity index (χ3v) is 4.77. The molecule has 0 bridgehead atoms. The van der Waals surface area contributed by atoms with Crippen LogP contribution in [0.5, 0.6) is 0 Å². The Bertz CT molecular complexity index is 295. The van der Waals surface area contributed by atoms with E-state index in [2.05, 4.69) is 19.2 Å². The highest BCUT2D eigenvalue weighted by Gasteiger charge is 2.30. The minimum Gasteiger partial charge on any atom is -0.352 e. The minimum absolute atomic E-state index is 0. The highest BCUT2D eigenvalue weighted by Crippen LogP contribution is 2.31. The number of rotatable bonds is 4. The van der Waals surface area contributed by atoms with Gasteiger partial charge < -0.3 is 11.1 Å². The minimum atomic E-state index is -0.437. The average molecular weight is 305 g/mol. The van der Waals surface area contributed by atoms with E-state index >= 15 is 0 Å². The van der Waals surface area contributed by atoms with Crippen LogP contribution in [0.15, 0.2) is 0 Å². The standard InChI is InChI=1S/C16H32N2O.ClH/c1-11(13-9-7-6-8-10-13)12(2)18-15(19)14(17)16(3,4)5;/h11-14H,6-10,17H2,1-5H3,(H,18,19);1H/t11?,12?,14-;/m1./s1. The Labute approximate surface area is 130 Å². The molecule has 3 nitrogen and oxygen atoms in total. The van der Waals surface area contributed by atoms with Gasteiger partial charge in [0.2, 0.25) is 5.91 Å². The third kappa shape index (κ3) is 5.61. The van der Waals surface area contributed by atoms with Crippen LogP contribution >= 0.6 is 12.4 Å². The molecule has 2 unspecified atom stereocenters. The van der Waals surface area contributed by atoms with E-state index in [-0.39, 0.29) is 29.8 Å². The normalized spacial score (nSPS) is 21.5. The topological polar surface area (TPSA) is 55.1 Å². The fraction of sp³-hybridized carbons (Fsp3) is 0.938. The highest BCUT2D eigenvalue weighted by atomic mass is 35.5. The zero-order valence-corrected chi connectivity index (χ0v) is 14.6. The number of carbonyl (C=O) groups is 1. The van der Waals surface area contributed by atoms with E-state index in [1.54, 1.807) is 0 Å². The molecule has 3 atom stereocenters. The Kier molecular flexibility index (Phi) is 8.12. The first kappa shape index (κ1) is 19.7. The van der Waals surface area contributed by atoms with E-state index in [1.807, 2.05) is 20.8 Å². The number of hydrogen-bond donors (Lipinski definition) is 2. The van der Waals surface area contributed by atoms with Crippen LogP contribution < -0.4 is 11.1 Å². The molecule has 0 aromatic heterocycles. The summed E-state index contributed by atoms with van der Waals surface area (Å²) >= 11 is 0. The highest BCUT2D eigenvalue weighted by molar-refractivity contribution is 5.85. The predicted octanol–water partition coefficient (Wildman–Crippen LogP) is 3.50. The van der Waals surface area contributed by atoms with Crippen LogP contribution in [0.3, 0.4) is 0 Å². The van der Waals surface area contributed by atoms with Gasteiger partial charge in [-0.25, -0.2) is 0 Å². The largest absolute Gasteiger partial charge is 0.352 e. The van der Waals surface area contributed by atoms with Crippen LogP contribution in [0.25, 0.3) is 0 Å². The van der Waals surface area contributed by atoms with Gasteiger partial charge in [0.05, 0.1) is 6.04 Å². The summed E-state index contributed by atoms with van der Waals surface area (Å²) in [6.45, 7) is 10.4. The Hall–Kier alpha value is -0.280. The molecule has 1 aliphatic rings. The van der Waals surface area contributed by atoms with Crippen molar-refractivity contribution in [2.24, 2.45) is 23.0 Å². The molecule has 0 aromatic carbocycles. The SMILES string of the molecule is CC(NC(=O)[C@@H](N)C(C)(C)C)C(C)C1CCCCC1.Cl. The second kappa shape index (κ2) is 8.23. The van der Waals surface area contributed by atoms with Crippen molar-refractivity contribution in [3.05, 3.63) is 0 Å². The monoisotopic (exact) mass is 304 g/mol. The number of nitrogens with two attached hydrogens (primary N) is 1.